The van der Waals surface area contributed by atoms with E-state index in [1.807, 2.05) is 24.3 Å². The van der Waals surface area contributed by atoms with Crippen molar-refractivity contribution >= 4 is 28.4 Å². The number of aromatic nitrogens is 1. The van der Waals surface area contributed by atoms with Gasteiger partial charge in [0.2, 0.25) is 5.91 Å². The van der Waals surface area contributed by atoms with Crippen molar-refractivity contribution in [3.8, 4) is 0 Å². The molecule has 1 atom stereocenters. The van der Waals surface area contributed by atoms with Crippen LogP contribution in [0, 0.1) is 0 Å². The molecule has 2 amide bonds. The molecule has 1 heterocycles. The number of amides is 2. The number of benzene rings is 1. The first-order chi connectivity index (χ1) is 9.52. The van der Waals surface area contributed by atoms with Crippen molar-refractivity contribution in [1.29, 1.82) is 0 Å². The highest BCUT2D eigenvalue weighted by molar-refractivity contribution is 6.01. The summed E-state index contributed by atoms with van der Waals surface area (Å²) < 4.78 is 0. The van der Waals surface area contributed by atoms with E-state index in [9.17, 15) is 9.59 Å². The Bertz CT molecular complexity index is 669. The molecule has 0 radical (unpaired) electrons. The molecular formula is C14H16N4O2. The molecule has 0 spiro atoms. The summed E-state index contributed by atoms with van der Waals surface area (Å²) in [7, 11) is 1.74. The molecule has 0 bridgehead atoms. The van der Waals surface area contributed by atoms with E-state index in [2.05, 4.69) is 15.6 Å². The zero-order valence-electron chi connectivity index (χ0n) is 11.3. The lowest BCUT2D eigenvalue weighted by molar-refractivity contribution is -0.119. The Morgan fingerprint density at radius 2 is 2.00 bits per heavy atom. The number of fused-ring (bicyclic) bond motifs is 1. The van der Waals surface area contributed by atoms with Crippen molar-refractivity contribution in [2.24, 2.45) is 5.73 Å². The minimum Gasteiger partial charge on any atom is -0.373 e. The van der Waals surface area contributed by atoms with Gasteiger partial charge in [0.15, 0.2) is 0 Å². The lowest BCUT2D eigenvalue weighted by Gasteiger charge is -2.12. The van der Waals surface area contributed by atoms with E-state index in [-0.39, 0.29) is 5.69 Å². The summed E-state index contributed by atoms with van der Waals surface area (Å²) in [6.45, 7) is 1.53. The van der Waals surface area contributed by atoms with Crippen molar-refractivity contribution in [2.75, 3.05) is 12.4 Å². The van der Waals surface area contributed by atoms with Crippen molar-refractivity contribution in [1.82, 2.24) is 10.3 Å². The van der Waals surface area contributed by atoms with Crippen molar-refractivity contribution in [2.45, 2.75) is 13.0 Å². The number of rotatable bonds is 4. The van der Waals surface area contributed by atoms with Gasteiger partial charge in [0.25, 0.3) is 5.91 Å². The molecule has 1 aromatic heterocycles. The van der Waals surface area contributed by atoms with E-state index in [1.165, 1.54) is 6.92 Å². The van der Waals surface area contributed by atoms with Crippen LogP contribution in [0.15, 0.2) is 30.3 Å². The molecular weight excluding hydrogens is 256 g/mol. The molecule has 2 aromatic rings. The molecule has 1 unspecified atom stereocenters. The lowest BCUT2D eigenvalue weighted by Crippen LogP contribution is -2.42. The van der Waals surface area contributed by atoms with Crippen LogP contribution in [0.2, 0.25) is 0 Å². The number of carbonyl (C=O) groups is 2. The minimum absolute atomic E-state index is 0.237. The quantitative estimate of drug-likeness (QED) is 0.769. The summed E-state index contributed by atoms with van der Waals surface area (Å²) in [5.74, 6) is -0.411. The highest BCUT2D eigenvalue weighted by Gasteiger charge is 2.16. The normalized spacial score (nSPS) is 11.9. The number of nitrogens with two attached hydrogens (primary N) is 1. The first-order valence-corrected chi connectivity index (χ1v) is 6.20. The van der Waals surface area contributed by atoms with E-state index in [1.54, 1.807) is 13.1 Å². The minimum atomic E-state index is -0.742. The Morgan fingerprint density at radius 3 is 2.65 bits per heavy atom. The average Bonchev–Trinajstić information content (AvgIpc) is 2.45. The number of hydrogen-bond acceptors (Lipinski definition) is 4. The van der Waals surface area contributed by atoms with Crippen LogP contribution in [0.3, 0.4) is 0 Å². The molecule has 0 aliphatic rings. The fraction of sp³-hybridized carbons (Fsp3) is 0.214. The van der Waals surface area contributed by atoms with Gasteiger partial charge in [-0.05, 0) is 18.4 Å². The van der Waals surface area contributed by atoms with Gasteiger partial charge in [-0.2, -0.15) is 0 Å². The van der Waals surface area contributed by atoms with Gasteiger partial charge in [0.1, 0.15) is 17.6 Å². The second kappa shape index (κ2) is 5.56. The second-order valence-corrected chi connectivity index (χ2v) is 4.42. The Balaban J connectivity index is 2.40. The fourth-order valence-electron chi connectivity index (χ4n) is 1.85. The number of pyridine rings is 1. The first kappa shape index (κ1) is 13.8. The number of primary amides is 1. The highest BCUT2D eigenvalue weighted by Crippen LogP contribution is 2.22. The molecule has 0 aliphatic carbocycles. The van der Waals surface area contributed by atoms with Crippen molar-refractivity contribution < 1.29 is 9.59 Å². The summed E-state index contributed by atoms with van der Waals surface area (Å²) in [6.07, 6.45) is 0. The zero-order chi connectivity index (χ0) is 14.7. The van der Waals surface area contributed by atoms with Crippen LogP contribution in [-0.4, -0.2) is 29.9 Å². The summed E-state index contributed by atoms with van der Waals surface area (Å²) in [5.41, 5.74) is 5.36. The van der Waals surface area contributed by atoms with Crippen LogP contribution >= 0.6 is 0 Å². The topological polar surface area (TPSA) is 97.1 Å². The van der Waals surface area contributed by atoms with Gasteiger partial charge >= 0.3 is 0 Å². The number of hydrogen-bond donors (Lipinski definition) is 3. The van der Waals surface area contributed by atoms with Crippen LogP contribution in [0.5, 0.6) is 0 Å². The number of carbonyl (C=O) groups excluding carboxylic acids is 2. The van der Waals surface area contributed by atoms with Crippen LogP contribution in [-0.2, 0) is 4.79 Å². The standard InChI is InChI=1S/C14H16N4O2/c1-8(12(15)19)17-14(20)11-7-9-5-3-4-6-10(9)13(16-2)18-11/h3-8H,1-2H3,(H2,15,19)(H,16,18)(H,17,20). The second-order valence-electron chi connectivity index (χ2n) is 4.42. The molecule has 20 heavy (non-hydrogen) atoms. The Hall–Kier alpha value is -2.63. The SMILES string of the molecule is CNc1nc(C(=O)NC(C)C(N)=O)cc2ccccc12. The highest BCUT2D eigenvalue weighted by atomic mass is 16.2. The maximum absolute atomic E-state index is 12.1. The van der Waals surface area contributed by atoms with E-state index < -0.39 is 17.9 Å². The summed E-state index contributed by atoms with van der Waals surface area (Å²) in [6, 6.07) is 8.54. The van der Waals surface area contributed by atoms with Gasteiger partial charge in [-0.15, -0.1) is 0 Å². The zero-order valence-corrected chi connectivity index (χ0v) is 11.3. The predicted molar refractivity (Wildman–Crippen MR) is 77.4 cm³/mol. The number of anilines is 1. The fourth-order valence-corrected chi connectivity index (χ4v) is 1.85. The van der Waals surface area contributed by atoms with Crippen LogP contribution < -0.4 is 16.4 Å². The largest absolute Gasteiger partial charge is 0.373 e. The monoisotopic (exact) mass is 272 g/mol. The van der Waals surface area contributed by atoms with E-state index in [4.69, 9.17) is 5.73 Å². The number of nitrogens with one attached hydrogen (secondary N) is 2. The van der Waals surface area contributed by atoms with Crippen LogP contribution in [0.25, 0.3) is 10.8 Å². The molecule has 0 saturated heterocycles. The van der Waals surface area contributed by atoms with Crippen LogP contribution in [0.1, 0.15) is 17.4 Å². The third-order valence-corrected chi connectivity index (χ3v) is 2.98. The van der Waals surface area contributed by atoms with Gasteiger partial charge in [0, 0.05) is 12.4 Å². The van der Waals surface area contributed by atoms with E-state index in [0.717, 1.165) is 10.8 Å². The molecule has 0 aliphatic heterocycles. The van der Waals surface area contributed by atoms with Gasteiger partial charge in [-0.3, -0.25) is 9.59 Å². The molecule has 2 rings (SSSR count). The van der Waals surface area contributed by atoms with Crippen molar-refractivity contribution in [3.63, 3.8) is 0 Å². The maximum atomic E-state index is 12.1. The molecule has 0 saturated carbocycles. The Kier molecular flexibility index (Phi) is 3.84. The molecule has 0 fully saturated rings. The maximum Gasteiger partial charge on any atom is 0.270 e. The number of nitrogens with zero attached hydrogens (tertiary/aromatic N) is 1. The molecule has 1 aromatic carbocycles. The third-order valence-electron chi connectivity index (χ3n) is 2.98. The average molecular weight is 272 g/mol. The van der Waals surface area contributed by atoms with Gasteiger partial charge in [-0.25, -0.2) is 4.98 Å². The van der Waals surface area contributed by atoms with Crippen molar-refractivity contribution in [3.05, 3.63) is 36.0 Å². The Labute approximate surface area is 116 Å². The van der Waals surface area contributed by atoms with Gasteiger partial charge < -0.3 is 16.4 Å². The first-order valence-electron chi connectivity index (χ1n) is 6.20. The predicted octanol–water partition coefficient (Wildman–Crippen LogP) is 0.880. The summed E-state index contributed by atoms with van der Waals surface area (Å²) in [4.78, 5) is 27.3. The van der Waals surface area contributed by atoms with Crippen LogP contribution in [0.4, 0.5) is 5.82 Å². The summed E-state index contributed by atoms with van der Waals surface area (Å²) in [5, 5.41) is 7.28. The Morgan fingerprint density at radius 1 is 1.30 bits per heavy atom. The van der Waals surface area contributed by atoms with E-state index in [0.29, 0.717) is 5.82 Å². The van der Waals surface area contributed by atoms with Gasteiger partial charge in [-0.1, -0.05) is 24.3 Å². The molecule has 104 valence electrons. The molecule has 6 heteroatoms. The smallest absolute Gasteiger partial charge is 0.270 e. The van der Waals surface area contributed by atoms with Gasteiger partial charge in [0.05, 0.1) is 0 Å². The lowest BCUT2D eigenvalue weighted by atomic mass is 10.1. The molecule has 6 nitrogen and oxygen atoms in total. The van der Waals surface area contributed by atoms with E-state index >= 15 is 0 Å². The third kappa shape index (κ3) is 2.69. The summed E-state index contributed by atoms with van der Waals surface area (Å²) >= 11 is 0. The molecule has 4 N–H and O–H groups in total.